The molecule has 1 atom stereocenters. The Morgan fingerprint density at radius 2 is 1.67 bits per heavy atom. The maximum Gasteiger partial charge on any atom is 0.0671 e. The van der Waals surface area contributed by atoms with Crippen molar-refractivity contribution in [1.29, 1.82) is 0 Å². The SMILES string of the molecule is CC(C)(c1ccccc1)C(O)Cc1ccncc1. The molecule has 0 aliphatic heterocycles. The summed E-state index contributed by atoms with van der Waals surface area (Å²) in [7, 11) is 0. The van der Waals surface area contributed by atoms with E-state index in [0.717, 1.165) is 11.1 Å². The molecular formula is C16H19NO. The molecule has 94 valence electrons. The maximum atomic E-state index is 10.5. The molecule has 1 unspecified atom stereocenters. The van der Waals surface area contributed by atoms with E-state index >= 15 is 0 Å². The second kappa shape index (κ2) is 5.32. The van der Waals surface area contributed by atoms with Gasteiger partial charge in [-0.3, -0.25) is 4.98 Å². The lowest BCUT2D eigenvalue weighted by atomic mass is 9.77. The summed E-state index contributed by atoms with van der Waals surface area (Å²) in [5.41, 5.74) is 2.01. The monoisotopic (exact) mass is 241 g/mol. The summed E-state index contributed by atoms with van der Waals surface area (Å²) in [6.45, 7) is 4.16. The van der Waals surface area contributed by atoms with E-state index in [9.17, 15) is 5.11 Å². The summed E-state index contributed by atoms with van der Waals surface area (Å²) in [5.74, 6) is 0. The predicted octanol–water partition coefficient (Wildman–Crippen LogP) is 2.96. The fraction of sp³-hybridized carbons (Fsp3) is 0.312. The molecule has 1 heterocycles. The number of benzene rings is 1. The molecular weight excluding hydrogens is 222 g/mol. The van der Waals surface area contributed by atoms with Gasteiger partial charge < -0.3 is 5.11 Å². The summed E-state index contributed by atoms with van der Waals surface area (Å²) in [6, 6.07) is 14.0. The molecule has 0 saturated carbocycles. The van der Waals surface area contributed by atoms with Crippen LogP contribution in [0.25, 0.3) is 0 Å². The zero-order valence-electron chi connectivity index (χ0n) is 10.9. The number of hydrogen-bond acceptors (Lipinski definition) is 2. The molecule has 1 N–H and O–H groups in total. The topological polar surface area (TPSA) is 33.1 Å². The lowest BCUT2D eigenvalue weighted by Gasteiger charge is -2.31. The van der Waals surface area contributed by atoms with Crippen LogP contribution < -0.4 is 0 Å². The Labute approximate surface area is 108 Å². The van der Waals surface area contributed by atoms with Gasteiger partial charge in [-0.2, -0.15) is 0 Å². The highest BCUT2D eigenvalue weighted by Gasteiger charge is 2.29. The van der Waals surface area contributed by atoms with Gasteiger partial charge in [0.2, 0.25) is 0 Å². The van der Waals surface area contributed by atoms with E-state index in [1.807, 2.05) is 30.3 Å². The fourth-order valence-electron chi connectivity index (χ4n) is 2.06. The lowest BCUT2D eigenvalue weighted by molar-refractivity contribution is 0.1000. The molecule has 2 heteroatoms. The number of aromatic nitrogens is 1. The number of aliphatic hydroxyl groups excluding tert-OH is 1. The van der Waals surface area contributed by atoms with Crippen molar-refractivity contribution < 1.29 is 5.11 Å². The number of pyridine rings is 1. The second-order valence-electron chi connectivity index (χ2n) is 5.16. The summed E-state index contributed by atoms with van der Waals surface area (Å²) in [4.78, 5) is 3.99. The quantitative estimate of drug-likeness (QED) is 0.892. The average Bonchev–Trinajstić information content (AvgIpc) is 2.41. The number of nitrogens with zero attached hydrogens (tertiary/aromatic N) is 1. The van der Waals surface area contributed by atoms with Crippen molar-refractivity contribution in [2.24, 2.45) is 0 Å². The van der Waals surface area contributed by atoms with Crippen LogP contribution in [0.5, 0.6) is 0 Å². The Kier molecular flexibility index (Phi) is 3.78. The van der Waals surface area contributed by atoms with Crippen LogP contribution in [-0.4, -0.2) is 16.2 Å². The highest BCUT2D eigenvalue weighted by atomic mass is 16.3. The second-order valence-corrected chi connectivity index (χ2v) is 5.16. The average molecular weight is 241 g/mol. The van der Waals surface area contributed by atoms with Gasteiger partial charge in [0.15, 0.2) is 0 Å². The highest BCUT2D eigenvalue weighted by Crippen LogP contribution is 2.28. The van der Waals surface area contributed by atoms with Crippen molar-refractivity contribution in [2.45, 2.75) is 31.8 Å². The Morgan fingerprint density at radius 3 is 2.28 bits per heavy atom. The first-order valence-corrected chi connectivity index (χ1v) is 6.23. The summed E-state index contributed by atoms with van der Waals surface area (Å²) >= 11 is 0. The van der Waals surface area contributed by atoms with Crippen LogP contribution in [0.4, 0.5) is 0 Å². The molecule has 18 heavy (non-hydrogen) atoms. The van der Waals surface area contributed by atoms with Gasteiger partial charge in [0.1, 0.15) is 0 Å². The smallest absolute Gasteiger partial charge is 0.0671 e. The van der Waals surface area contributed by atoms with Gasteiger partial charge in [-0.05, 0) is 29.7 Å². The molecule has 0 amide bonds. The Bertz CT molecular complexity index is 479. The number of rotatable bonds is 4. The van der Waals surface area contributed by atoms with Crippen LogP contribution in [0.1, 0.15) is 25.0 Å². The van der Waals surface area contributed by atoms with Gasteiger partial charge in [0, 0.05) is 17.8 Å². The molecule has 0 radical (unpaired) electrons. The van der Waals surface area contributed by atoms with Gasteiger partial charge in [-0.15, -0.1) is 0 Å². The molecule has 2 rings (SSSR count). The third-order valence-corrected chi connectivity index (χ3v) is 3.53. The largest absolute Gasteiger partial charge is 0.392 e. The number of aliphatic hydroxyl groups is 1. The molecule has 0 aliphatic carbocycles. The molecule has 2 nitrogen and oxygen atoms in total. The number of hydrogen-bond donors (Lipinski definition) is 1. The Morgan fingerprint density at radius 1 is 1.06 bits per heavy atom. The van der Waals surface area contributed by atoms with Crippen molar-refractivity contribution in [3.8, 4) is 0 Å². The Hall–Kier alpha value is -1.67. The predicted molar refractivity (Wildman–Crippen MR) is 73.4 cm³/mol. The molecule has 0 fully saturated rings. The van der Waals surface area contributed by atoms with Crippen LogP contribution in [0, 0.1) is 0 Å². The molecule has 1 aromatic carbocycles. The summed E-state index contributed by atoms with van der Waals surface area (Å²) in [5, 5.41) is 10.5. The minimum atomic E-state index is -0.415. The first-order chi connectivity index (χ1) is 8.60. The van der Waals surface area contributed by atoms with E-state index in [1.54, 1.807) is 12.4 Å². The molecule has 0 saturated heterocycles. The van der Waals surface area contributed by atoms with E-state index in [0.29, 0.717) is 6.42 Å². The van der Waals surface area contributed by atoms with Gasteiger partial charge in [-0.1, -0.05) is 44.2 Å². The Balaban J connectivity index is 2.15. The van der Waals surface area contributed by atoms with Crippen LogP contribution >= 0.6 is 0 Å². The molecule has 0 bridgehead atoms. The van der Waals surface area contributed by atoms with Crippen molar-refractivity contribution in [3.05, 3.63) is 66.0 Å². The minimum Gasteiger partial charge on any atom is -0.392 e. The third kappa shape index (κ3) is 2.77. The van der Waals surface area contributed by atoms with Crippen LogP contribution in [0.3, 0.4) is 0 Å². The lowest BCUT2D eigenvalue weighted by Crippen LogP contribution is -2.35. The summed E-state index contributed by atoms with van der Waals surface area (Å²) < 4.78 is 0. The van der Waals surface area contributed by atoms with Gasteiger partial charge in [-0.25, -0.2) is 0 Å². The first-order valence-electron chi connectivity index (χ1n) is 6.23. The van der Waals surface area contributed by atoms with Crippen LogP contribution in [-0.2, 0) is 11.8 Å². The van der Waals surface area contributed by atoms with E-state index in [1.165, 1.54) is 0 Å². The zero-order valence-corrected chi connectivity index (χ0v) is 10.9. The van der Waals surface area contributed by atoms with E-state index in [4.69, 9.17) is 0 Å². The van der Waals surface area contributed by atoms with Crippen LogP contribution in [0.2, 0.25) is 0 Å². The maximum absolute atomic E-state index is 10.5. The first kappa shape index (κ1) is 12.8. The molecule has 1 aromatic heterocycles. The van der Waals surface area contributed by atoms with Crippen molar-refractivity contribution in [1.82, 2.24) is 4.98 Å². The third-order valence-electron chi connectivity index (χ3n) is 3.53. The van der Waals surface area contributed by atoms with Crippen molar-refractivity contribution >= 4 is 0 Å². The van der Waals surface area contributed by atoms with Gasteiger partial charge in [0.25, 0.3) is 0 Å². The zero-order chi connectivity index (χ0) is 13.0. The summed E-state index contributed by atoms with van der Waals surface area (Å²) in [6.07, 6.45) is 3.75. The molecule has 0 spiro atoms. The normalized spacial score (nSPS) is 13.3. The fourth-order valence-corrected chi connectivity index (χ4v) is 2.06. The van der Waals surface area contributed by atoms with E-state index in [-0.39, 0.29) is 5.41 Å². The van der Waals surface area contributed by atoms with Crippen LogP contribution in [0.15, 0.2) is 54.9 Å². The molecule has 2 aromatic rings. The molecule has 0 aliphatic rings. The minimum absolute atomic E-state index is 0.259. The van der Waals surface area contributed by atoms with Crippen molar-refractivity contribution in [3.63, 3.8) is 0 Å². The van der Waals surface area contributed by atoms with E-state index < -0.39 is 6.10 Å². The van der Waals surface area contributed by atoms with Crippen molar-refractivity contribution in [2.75, 3.05) is 0 Å². The standard InChI is InChI=1S/C16H19NO/c1-16(2,14-6-4-3-5-7-14)15(18)12-13-8-10-17-11-9-13/h3-11,15,18H,12H2,1-2H3. The van der Waals surface area contributed by atoms with Gasteiger partial charge >= 0.3 is 0 Å². The van der Waals surface area contributed by atoms with Gasteiger partial charge in [0.05, 0.1) is 6.10 Å². The highest BCUT2D eigenvalue weighted by molar-refractivity contribution is 5.26. The van der Waals surface area contributed by atoms with E-state index in [2.05, 4.69) is 31.0 Å².